The average molecular weight is 454 g/mol. The summed E-state index contributed by atoms with van der Waals surface area (Å²) < 4.78 is 34.5. The number of fused-ring (bicyclic) bond motifs is 1. The van der Waals surface area contributed by atoms with Crippen LogP contribution in [0.4, 0.5) is 11.4 Å². The fraction of sp³-hybridized carbons (Fsp3) is 0.632. The quantitative estimate of drug-likeness (QED) is 0.364. The van der Waals surface area contributed by atoms with Crippen LogP contribution < -0.4 is 0 Å². The van der Waals surface area contributed by atoms with Crippen molar-refractivity contribution >= 4 is 17.3 Å². The van der Waals surface area contributed by atoms with Crippen molar-refractivity contribution in [3.63, 3.8) is 0 Å². The molecule has 13 nitrogen and oxygen atoms in total. The molecular formula is C19H22N2O11. The largest absolute Gasteiger partial charge is 0.453 e. The number of benzene rings is 1. The van der Waals surface area contributed by atoms with E-state index >= 15 is 0 Å². The maximum Gasteiger partial charge on any atom is 0.339 e. The third-order valence-electron chi connectivity index (χ3n) is 5.23. The minimum absolute atomic E-state index is 0.164. The predicted molar refractivity (Wildman–Crippen MR) is 103 cm³/mol. The molecule has 4 rings (SSSR count). The lowest BCUT2D eigenvalue weighted by Crippen LogP contribution is -2.45. The van der Waals surface area contributed by atoms with Crippen LogP contribution >= 0.6 is 0 Å². The SMILES string of the molecule is CC1(C)O[C@H]2O[C@H]([C@@H]3COC(C)(C)O3)[C@@H](OC(=O)c3cc([N+](=O)[O-])cc([N+](=O)[O-])c3)[C@H]2O1. The second-order valence-corrected chi connectivity index (χ2v) is 8.56. The van der Waals surface area contributed by atoms with E-state index in [1.807, 2.05) is 0 Å². The number of hydrogen-bond acceptors (Lipinski definition) is 11. The Hall–Kier alpha value is -2.71. The van der Waals surface area contributed by atoms with Crippen molar-refractivity contribution in [1.82, 2.24) is 0 Å². The van der Waals surface area contributed by atoms with Crippen LogP contribution in [0.5, 0.6) is 0 Å². The van der Waals surface area contributed by atoms with Crippen LogP contribution in [0.3, 0.4) is 0 Å². The highest BCUT2D eigenvalue weighted by Gasteiger charge is 2.60. The van der Waals surface area contributed by atoms with Gasteiger partial charge in [-0.15, -0.1) is 0 Å². The van der Waals surface area contributed by atoms with Crippen LogP contribution in [0.15, 0.2) is 18.2 Å². The van der Waals surface area contributed by atoms with E-state index in [-0.39, 0.29) is 12.2 Å². The minimum atomic E-state index is -1.02. The van der Waals surface area contributed by atoms with E-state index in [9.17, 15) is 25.0 Å². The molecule has 3 heterocycles. The molecule has 0 N–H and O–H groups in total. The molecular weight excluding hydrogens is 432 g/mol. The summed E-state index contributed by atoms with van der Waals surface area (Å²) >= 11 is 0. The lowest BCUT2D eigenvalue weighted by Gasteiger charge is -2.28. The fourth-order valence-electron chi connectivity index (χ4n) is 3.93. The van der Waals surface area contributed by atoms with E-state index < -0.39 is 69.5 Å². The van der Waals surface area contributed by atoms with Gasteiger partial charge in [-0.05, 0) is 27.7 Å². The number of nitro groups is 2. The van der Waals surface area contributed by atoms with Crippen molar-refractivity contribution in [3.05, 3.63) is 44.0 Å². The third-order valence-corrected chi connectivity index (χ3v) is 5.23. The van der Waals surface area contributed by atoms with Crippen LogP contribution in [-0.4, -0.2) is 64.7 Å². The summed E-state index contributed by atoms with van der Waals surface area (Å²) in [5.74, 6) is -2.88. The Morgan fingerprint density at radius 3 is 2.12 bits per heavy atom. The highest BCUT2D eigenvalue weighted by Crippen LogP contribution is 2.42. The molecule has 1 aromatic carbocycles. The first-order valence-corrected chi connectivity index (χ1v) is 9.83. The number of hydrogen-bond donors (Lipinski definition) is 0. The Kier molecular flexibility index (Phi) is 5.41. The average Bonchev–Trinajstić information content (AvgIpc) is 3.31. The van der Waals surface area contributed by atoms with Gasteiger partial charge < -0.3 is 28.4 Å². The van der Waals surface area contributed by atoms with Gasteiger partial charge in [0.15, 0.2) is 30.1 Å². The topological polar surface area (TPSA) is 159 Å². The van der Waals surface area contributed by atoms with Crippen molar-refractivity contribution < 1.29 is 43.1 Å². The van der Waals surface area contributed by atoms with Crippen molar-refractivity contribution in [1.29, 1.82) is 0 Å². The Bertz CT molecular complexity index is 930. The maximum absolute atomic E-state index is 12.9. The molecule has 0 amide bonds. The molecule has 0 bridgehead atoms. The first kappa shape index (κ1) is 22.5. The molecule has 0 unspecified atom stereocenters. The number of nitrogens with zero attached hydrogens (tertiary/aromatic N) is 2. The summed E-state index contributed by atoms with van der Waals surface area (Å²) in [7, 11) is 0. The number of carbonyl (C=O) groups is 1. The second kappa shape index (κ2) is 7.71. The van der Waals surface area contributed by atoms with Crippen molar-refractivity contribution in [3.8, 4) is 0 Å². The molecule has 0 aromatic heterocycles. The van der Waals surface area contributed by atoms with E-state index in [1.165, 1.54) is 0 Å². The Morgan fingerprint density at radius 2 is 1.59 bits per heavy atom. The Labute approximate surface area is 181 Å². The summed E-state index contributed by atoms with van der Waals surface area (Å²) in [6.45, 7) is 6.96. The summed E-state index contributed by atoms with van der Waals surface area (Å²) in [6.07, 6.45) is -4.10. The van der Waals surface area contributed by atoms with Gasteiger partial charge in [0.2, 0.25) is 0 Å². The fourth-order valence-corrected chi connectivity index (χ4v) is 3.93. The zero-order valence-electron chi connectivity index (χ0n) is 17.7. The van der Waals surface area contributed by atoms with E-state index in [0.29, 0.717) is 0 Å². The van der Waals surface area contributed by atoms with Crippen LogP contribution in [0.2, 0.25) is 0 Å². The zero-order valence-corrected chi connectivity index (χ0v) is 17.7. The summed E-state index contributed by atoms with van der Waals surface area (Å²) in [6, 6.07) is 2.58. The van der Waals surface area contributed by atoms with Crippen molar-refractivity contribution in [2.45, 2.75) is 70.0 Å². The molecule has 174 valence electrons. The number of rotatable bonds is 5. The molecule has 3 aliphatic rings. The highest BCUT2D eigenvalue weighted by molar-refractivity contribution is 5.91. The number of esters is 1. The first-order chi connectivity index (χ1) is 14.8. The van der Waals surface area contributed by atoms with Gasteiger partial charge in [-0.2, -0.15) is 0 Å². The molecule has 0 aliphatic carbocycles. The lowest BCUT2D eigenvalue weighted by molar-refractivity contribution is -0.394. The lowest BCUT2D eigenvalue weighted by atomic mass is 10.1. The van der Waals surface area contributed by atoms with E-state index in [2.05, 4.69) is 0 Å². The van der Waals surface area contributed by atoms with Gasteiger partial charge in [0.1, 0.15) is 12.2 Å². The number of ether oxygens (including phenoxy) is 6. The second-order valence-electron chi connectivity index (χ2n) is 8.56. The first-order valence-electron chi connectivity index (χ1n) is 9.83. The number of non-ortho nitro benzene ring substituents is 2. The van der Waals surface area contributed by atoms with Gasteiger partial charge in [0.05, 0.1) is 28.1 Å². The van der Waals surface area contributed by atoms with Crippen molar-refractivity contribution in [2.24, 2.45) is 0 Å². The van der Waals surface area contributed by atoms with Gasteiger partial charge in [-0.1, -0.05) is 0 Å². The molecule has 0 spiro atoms. The van der Waals surface area contributed by atoms with Crippen LogP contribution in [-0.2, 0) is 28.4 Å². The van der Waals surface area contributed by atoms with Crippen LogP contribution in [0.25, 0.3) is 0 Å². The molecule has 3 saturated heterocycles. The van der Waals surface area contributed by atoms with Gasteiger partial charge >= 0.3 is 5.97 Å². The smallest absolute Gasteiger partial charge is 0.339 e. The maximum atomic E-state index is 12.9. The van der Waals surface area contributed by atoms with E-state index in [4.69, 9.17) is 28.4 Å². The van der Waals surface area contributed by atoms with Gasteiger partial charge in [-0.25, -0.2) is 4.79 Å². The predicted octanol–water partition coefficient (Wildman–Crippen LogP) is 2.06. The monoisotopic (exact) mass is 454 g/mol. The van der Waals surface area contributed by atoms with Gasteiger partial charge in [0.25, 0.3) is 11.4 Å². The Balaban J connectivity index is 1.61. The van der Waals surface area contributed by atoms with Gasteiger partial charge in [-0.3, -0.25) is 20.2 Å². The third kappa shape index (κ3) is 4.29. The molecule has 3 fully saturated rings. The van der Waals surface area contributed by atoms with Crippen LogP contribution in [0.1, 0.15) is 38.1 Å². The van der Waals surface area contributed by atoms with Crippen LogP contribution in [0, 0.1) is 20.2 Å². The molecule has 3 aliphatic heterocycles. The summed E-state index contributed by atoms with van der Waals surface area (Å²) in [5.41, 5.74) is -1.58. The molecule has 32 heavy (non-hydrogen) atoms. The number of carbonyl (C=O) groups excluding carboxylic acids is 1. The van der Waals surface area contributed by atoms with Crippen molar-refractivity contribution in [2.75, 3.05) is 6.61 Å². The molecule has 5 atom stereocenters. The zero-order chi connectivity index (χ0) is 23.4. The molecule has 1 aromatic rings. The van der Waals surface area contributed by atoms with Gasteiger partial charge in [0, 0.05) is 12.1 Å². The Morgan fingerprint density at radius 1 is 0.969 bits per heavy atom. The van der Waals surface area contributed by atoms with E-state index in [1.54, 1.807) is 27.7 Å². The number of nitro benzene ring substituents is 2. The molecule has 0 radical (unpaired) electrons. The highest BCUT2D eigenvalue weighted by atomic mass is 16.9. The standard InChI is InChI=1S/C19H22N2O11/c1-18(2)27-8-12(30-18)13-14(15-17(29-13)32-19(3,4)31-15)28-16(22)9-5-10(20(23)24)7-11(6-9)21(25)26/h5-7,12-15,17H,8H2,1-4H3/t12-,13+,14+,15+,17+/m0/s1. The molecule has 0 saturated carbocycles. The summed E-state index contributed by atoms with van der Waals surface area (Å²) in [5, 5.41) is 22.3. The van der Waals surface area contributed by atoms with E-state index in [0.717, 1.165) is 18.2 Å². The molecule has 13 heteroatoms. The normalized spacial score (nSPS) is 32.4. The summed E-state index contributed by atoms with van der Waals surface area (Å²) in [4.78, 5) is 33.5. The minimum Gasteiger partial charge on any atom is -0.453 e.